The normalized spacial score (nSPS) is 17.3. The van der Waals surface area contributed by atoms with Crippen LogP contribution in [0.5, 0.6) is 17.2 Å². The number of rotatable bonds is 11. The summed E-state index contributed by atoms with van der Waals surface area (Å²) in [4.78, 5) is 0. The van der Waals surface area contributed by atoms with Crippen LogP contribution in [0.3, 0.4) is 0 Å². The van der Waals surface area contributed by atoms with Gasteiger partial charge in [-0.3, -0.25) is 0 Å². The lowest BCUT2D eigenvalue weighted by molar-refractivity contribution is 0.191. The molecule has 0 aromatic heterocycles. The number of hydrogen-bond donors (Lipinski definition) is 0. The van der Waals surface area contributed by atoms with Gasteiger partial charge in [-0.2, -0.15) is 8.78 Å². The Bertz CT molecular complexity index is 1200. The third-order valence-corrected chi connectivity index (χ3v) is 7.12. The molecule has 0 bridgehead atoms. The summed E-state index contributed by atoms with van der Waals surface area (Å²) < 4.78 is 75.0. The van der Waals surface area contributed by atoms with Crippen molar-refractivity contribution in [2.24, 2.45) is 5.92 Å². The minimum absolute atomic E-state index is 0.0791. The molecule has 3 nitrogen and oxygen atoms in total. The second kappa shape index (κ2) is 13.0. The molecule has 3 aromatic carbocycles. The van der Waals surface area contributed by atoms with Gasteiger partial charge in [-0.05, 0) is 92.3 Å². The first-order chi connectivity index (χ1) is 18.4. The van der Waals surface area contributed by atoms with Gasteiger partial charge in [-0.15, -0.1) is 0 Å². The van der Waals surface area contributed by atoms with E-state index in [2.05, 4.69) is 6.92 Å². The van der Waals surface area contributed by atoms with Gasteiger partial charge in [0.2, 0.25) is 11.6 Å². The highest BCUT2D eigenvalue weighted by Crippen LogP contribution is 2.39. The van der Waals surface area contributed by atoms with E-state index in [0.717, 1.165) is 12.8 Å². The van der Waals surface area contributed by atoms with Gasteiger partial charge in [0.05, 0.1) is 19.8 Å². The van der Waals surface area contributed by atoms with E-state index < -0.39 is 23.3 Å². The van der Waals surface area contributed by atoms with Crippen LogP contribution >= 0.6 is 0 Å². The zero-order valence-corrected chi connectivity index (χ0v) is 21.9. The molecule has 0 spiro atoms. The number of unbranched alkanes of at least 4 members (excludes halogenated alkanes) is 1. The summed E-state index contributed by atoms with van der Waals surface area (Å²) >= 11 is 0. The largest absolute Gasteiger partial charge is 0.494 e. The van der Waals surface area contributed by atoms with Gasteiger partial charge in [0.1, 0.15) is 5.75 Å². The fourth-order valence-corrected chi connectivity index (χ4v) is 4.91. The monoisotopic (exact) mass is 530 g/mol. The lowest BCUT2D eigenvalue weighted by Crippen LogP contribution is -2.20. The van der Waals surface area contributed by atoms with E-state index in [1.165, 1.54) is 18.2 Å². The molecular weight excluding hydrogens is 496 g/mol. The van der Waals surface area contributed by atoms with Crippen LogP contribution in [-0.2, 0) is 0 Å². The van der Waals surface area contributed by atoms with E-state index >= 15 is 0 Å². The smallest absolute Gasteiger partial charge is 0.201 e. The second-order valence-electron chi connectivity index (χ2n) is 9.71. The SMILES string of the molecule is CCCCOc1ccc(-c2ccc(OCC3CCC(c4ccc(OCC)c(F)c4F)CC3)c(F)c2F)cc1. The minimum Gasteiger partial charge on any atom is -0.494 e. The molecule has 7 heteroatoms. The molecule has 3 aromatic rings. The predicted octanol–water partition coefficient (Wildman–Crippen LogP) is 8.84. The minimum atomic E-state index is -1.02. The Labute approximate surface area is 221 Å². The molecular formula is C31H34F4O3. The average Bonchev–Trinajstić information content (AvgIpc) is 2.93. The third kappa shape index (κ3) is 6.43. The summed E-state index contributed by atoms with van der Waals surface area (Å²) in [6, 6.07) is 12.9. The van der Waals surface area contributed by atoms with E-state index in [0.29, 0.717) is 49.2 Å². The van der Waals surface area contributed by atoms with Crippen molar-refractivity contribution in [1.82, 2.24) is 0 Å². The quantitative estimate of drug-likeness (QED) is 0.183. The maximum atomic E-state index is 14.9. The Hall–Kier alpha value is -3.22. The molecule has 1 aliphatic rings. The van der Waals surface area contributed by atoms with Gasteiger partial charge in [-0.1, -0.05) is 31.5 Å². The first kappa shape index (κ1) is 27.8. The van der Waals surface area contributed by atoms with Gasteiger partial charge < -0.3 is 14.2 Å². The van der Waals surface area contributed by atoms with Crippen molar-refractivity contribution < 1.29 is 31.8 Å². The fraction of sp³-hybridized carbons (Fsp3) is 0.419. The fourth-order valence-electron chi connectivity index (χ4n) is 4.91. The van der Waals surface area contributed by atoms with Crippen molar-refractivity contribution >= 4 is 0 Å². The standard InChI is InChI=1S/C31H34F4O3/c1-3-5-18-37-23-12-10-22(11-13-23)25-15-17-27(31(35)29(25)33)38-19-20-6-8-21(9-7-20)24-14-16-26(36-4-2)30(34)28(24)32/h10-17,20-21H,3-9,18-19H2,1-2H3. The first-order valence-electron chi connectivity index (χ1n) is 13.4. The van der Waals surface area contributed by atoms with Gasteiger partial charge in [-0.25, -0.2) is 8.78 Å². The second-order valence-corrected chi connectivity index (χ2v) is 9.71. The van der Waals surface area contributed by atoms with Crippen LogP contribution in [0.1, 0.15) is 63.9 Å². The van der Waals surface area contributed by atoms with Crippen molar-refractivity contribution in [3.63, 3.8) is 0 Å². The third-order valence-electron chi connectivity index (χ3n) is 7.12. The maximum absolute atomic E-state index is 14.9. The molecule has 0 radical (unpaired) electrons. The van der Waals surface area contributed by atoms with Crippen molar-refractivity contribution in [3.8, 4) is 28.4 Å². The Morgan fingerprint density at radius 1 is 0.684 bits per heavy atom. The number of benzene rings is 3. The summed E-state index contributed by atoms with van der Waals surface area (Å²) in [5.41, 5.74) is 1.06. The number of ether oxygens (including phenoxy) is 3. The molecule has 1 saturated carbocycles. The van der Waals surface area contributed by atoms with Crippen LogP contribution in [0, 0.1) is 29.2 Å². The van der Waals surface area contributed by atoms with E-state index in [1.807, 2.05) is 0 Å². The topological polar surface area (TPSA) is 27.7 Å². The summed E-state index contributed by atoms with van der Waals surface area (Å²) in [5.74, 6) is -3.30. The van der Waals surface area contributed by atoms with Gasteiger partial charge in [0.25, 0.3) is 0 Å². The van der Waals surface area contributed by atoms with Gasteiger partial charge in [0, 0.05) is 5.56 Å². The molecule has 1 aliphatic carbocycles. The summed E-state index contributed by atoms with van der Waals surface area (Å²) in [7, 11) is 0. The predicted molar refractivity (Wildman–Crippen MR) is 140 cm³/mol. The lowest BCUT2D eigenvalue weighted by atomic mass is 9.79. The van der Waals surface area contributed by atoms with Crippen molar-refractivity contribution in [3.05, 3.63) is 77.4 Å². The number of hydrogen-bond acceptors (Lipinski definition) is 3. The molecule has 1 fully saturated rings. The van der Waals surface area contributed by atoms with Crippen LogP contribution in [0.15, 0.2) is 48.5 Å². The van der Waals surface area contributed by atoms with Crippen molar-refractivity contribution in [1.29, 1.82) is 0 Å². The van der Waals surface area contributed by atoms with E-state index in [1.54, 1.807) is 37.3 Å². The van der Waals surface area contributed by atoms with Crippen molar-refractivity contribution in [2.75, 3.05) is 19.8 Å². The zero-order chi connectivity index (χ0) is 27.1. The van der Waals surface area contributed by atoms with Crippen molar-refractivity contribution in [2.45, 2.75) is 58.3 Å². The van der Waals surface area contributed by atoms with Gasteiger partial charge in [0.15, 0.2) is 23.1 Å². The average molecular weight is 531 g/mol. The number of halogens is 4. The lowest BCUT2D eigenvalue weighted by Gasteiger charge is -2.29. The van der Waals surface area contributed by atoms with Crippen LogP contribution in [0.4, 0.5) is 17.6 Å². The first-order valence-corrected chi connectivity index (χ1v) is 13.4. The molecule has 0 saturated heterocycles. The molecule has 38 heavy (non-hydrogen) atoms. The summed E-state index contributed by atoms with van der Waals surface area (Å²) in [5, 5.41) is 0. The molecule has 0 unspecified atom stereocenters. The van der Waals surface area contributed by atoms with Crippen LogP contribution in [0.25, 0.3) is 11.1 Å². The van der Waals surface area contributed by atoms with Gasteiger partial charge >= 0.3 is 0 Å². The highest BCUT2D eigenvalue weighted by atomic mass is 19.2. The molecule has 204 valence electrons. The molecule has 0 N–H and O–H groups in total. The molecule has 0 aliphatic heterocycles. The Balaban J connectivity index is 1.33. The van der Waals surface area contributed by atoms with E-state index in [9.17, 15) is 17.6 Å². The Kier molecular flexibility index (Phi) is 9.53. The highest BCUT2D eigenvalue weighted by Gasteiger charge is 2.27. The van der Waals surface area contributed by atoms with E-state index in [-0.39, 0.29) is 42.1 Å². The maximum Gasteiger partial charge on any atom is 0.201 e. The highest BCUT2D eigenvalue weighted by molar-refractivity contribution is 5.66. The Morgan fingerprint density at radius 3 is 2.03 bits per heavy atom. The van der Waals surface area contributed by atoms with Crippen LogP contribution in [0.2, 0.25) is 0 Å². The summed E-state index contributed by atoms with van der Waals surface area (Å²) in [6.45, 7) is 4.90. The molecule has 0 amide bonds. The van der Waals surface area contributed by atoms with Crippen LogP contribution in [-0.4, -0.2) is 19.8 Å². The molecule has 4 rings (SSSR count). The Morgan fingerprint density at radius 2 is 1.34 bits per heavy atom. The zero-order valence-electron chi connectivity index (χ0n) is 21.9. The van der Waals surface area contributed by atoms with E-state index in [4.69, 9.17) is 14.2 Å². The van der Waals surface area contributed by atoms with Crippen LogP contribution < -0.4 is 14.2 Å². The molecule has 0 heterocycles. The summed E-state index contributed by atoms with van der Waals surface area (Å²) in [6.07, 6.45) is 4.73. The molecule has 0 atom stereocenters.